The molecule has 0 aliphatic rings. The Morgan fingerprint density at radius 3 is 2.29 bits per heavy atom. The molecular weight excluding hydrogens is 266 g/mol. The fraction of sp³-hybridized carbons (Fsp3) is 0.235. The lowest BCUT2D eigenvalue weighted by molar-refractivity contribution is 0.0601. The summed E-state index contributed by atoms with van der Waals surface area (Å²) < 4.78 is 4.68. The minimum absolute atomic E-state index is 0.148. The van der Waals surface area contributed by atoms with Gasteiger partial charge in [0.15, 0.2) is 0 Å². The highest BCUT2D eigenvalue weighted by atomic mass is 16.5. The summed E-state index contributed by atoms with van der Waals surface area (Å²) in [4.78, 5) is 11.4. The molecule has 0 radical (unpaired) electrons. The molecule has 2 aromatic rings. The van der Waals surface area contributed by atoms with E-state index in [1.165, 1.54) is 7.11 Å². The number of aromatic hydroxyl groups is 1. The van der Waals surface area contributed by atoms with Gasteiger partial charge in [-0.1, -0.05) is 19.1 Å². The van der Waals surface area contributed by atoms with Crippen LogP contribution in [0.1, 0.15) is 35.3 Å². The van der Waals surface area contributed by atoms with Crippen LogP contribution in [0.2, 0.25) is 0 Å². The van der Waals surface area contributed by atoms with Crippen molar-refractivity contribution in [1.29, 1.82) is 0 Å². The molecule has 0 aromatic heterocycles. The van der Waals surface area contributed by atoms with Crippen LogP contribution in [0.5, 0.6) is 5.75 Å². The average Bonchev–Trinajstić information content (AvgIpc) is 2.53. The number of phenolic OH excluding ortho intramolecular Hbond substituents is 1. The Bertz CT molecular complexity index is 590. The van der Waals surface area contributed by atoms with Crippen LogP contribution in [-0.4, -0.2) is 18.2 Å². The lowest BCUT2D eigenvalue weighted by Gasteiger charge is -2.19. The van der Waals surface area contributed by atoms with Crippen molar-refractivity contribution in [3.05, 3.63) is 59.7 Å². The SMILES string of the molecule is CCC(Nc1ccc(C(=O)OC)cc1)c1ccc(O)cc1. The van der Waals surface area contributed by atoms with Crippen molar-refractivity contribution in [2.75, 3.05) is 12.4 Å². The molecule has 0 amide bonds. The van der Waals surface area contributed by atoms with E-state index in [0.29, 0.717) is 5.56 Å². The van der Waals surface area contributed by atoms with E-state index >= 15 is 0 Å². The third-order valence-electron chi connectivity index (χ3n) is 3.35. The fourth-order valence-corrected chi connectivity index (χ4v) is 2.15. The predicted molar refractivity (Wildman–Crippen MR) is 82.5 cm³/mol. The number of esters is 1. The first-order valence-corrected chi connectivity index (χ1v) is 6.88. The van der Waals surface area contributed by atoms with E-state index in [4.69, 9.17) is 0 Å². The van der Waals surface area contributed by atoms with Crippen molar-refractivity contribution in [2.24, 2.45) is 0 Å². The largest absolute Gasteiger partial charge is 0.508 e. The number of carbonyl (C=O) groups excluding carboxylic acids is 1. The average molecular weight is 285 g/mol. The number of nitrogens with one attached hydrogen (secondary N) is 1. The molecule has 1 unspecified atom stereocenters. The van der Waals surface area contributed by atoms with Gasteiger partial charge in [-0.15, -0.1) is 0 Å². The highest BCUT2D eigenvalue weighted by molar-refractivity contribution is 5.89. The van der Waals surface area contributed by atoms with Gasteiger partial charge in [0.05, 0.1) is 18.7 Å². The molecule has 2 rings (SSSR count). The molecule has 0 saturated heterocycles. The van der Waals surface area contributed by atoms with Gasteiger partial charge in [-0.3, -0.25) is 0 Å². The van der Waals surface area contributed by atoms with Crippen LogP contribution < -0.4 is 5.32 Å². The van der Waals surface area contributed by atoms with Gasteiger partial charge in [0, 0.05) is 5.69 Å². The van der Waals surface area contributed by atoms with Crippen LogP contribution in [0, 0.1) is 0 Å². The molecule has 110 valence electrons. The van der Waals surface area contributed by atoms with Gasteiger partial charge in [0.2, 0.25) is 0 Å². The number of anilines is 1. The van der Waals surface area contributed by atoms with Crippen molar-refractivity contribution in [3.63, 3.8) is 0 Å². The fourth-order valence-electron chi connectivity index (χ4n) is 2.15. The number of hydrogen-bond acceptors (Lipinski definition) is 4. The Balaban J connectivity index is 2.11. The maximum Gasteiger partial charge on any atom is 0.337 e. The first-order chi connectivity index (χ1) is 10.1. The topological polar surface area (TPSA) is 58.6 Å². The number of methoxy groups -OCH3 is 1. The van der Waals surface area contributed by atoms with Crippen molar-refractivity contribution in [2.45, 2.75) is 19.4 Å². The van der Waals surface area contributed by atoms with Crippen LogP contribution in [0.3, 0.4) is 0 Å². The number of benzene rings is 2. The van der Waals surface area contributed by atoms with Crippen molar-refractivity contribution in [3.8, 4) is 5.75 Å². The quantitative estimate of drug-likeness (QED) is 0.822. The van der Waals surface area contributed by atoms with E-state index in [2.05, 4.69) is 17.0 Å². The summed E-state index contributed by atoms with van der Waals surface area (Å²) in [5, 5.41) is 12.8. The summed E-state index contributed by atoms with van der Waals surface area (Å²) in [5.41, 5.74) is 2.57. The van der Waals surface area contributed by atoms with E-state index in [0.717, 1.165) is 17.7 Å². The van der Waals surface area contributed by atoms with E-state index in [-0.39, 0.29) is 17.8 Å². The van der Waals surface area contributed by atoms with Gasteiger partial charge in [0.1, 0.15) is 5.75 Å². The summed E-state index contributed by atoms with van der Waals surface area (Å²) in [6, 6.07) is 14.5. The van der Waals surface area contributed by atoms with E-state index in [1.54, 1.807) is 24.3 Å². The summed E-state index contributed by atoms with van der Waals surface area (Å²) in [5.74, 6) is -0.0804. The Morgan fingerprint density at radius 1 is 1.14 bits per heavy atom. The normalized spacial score (nSPS) is 11.7. The molecule has 0 heterocycles. The molecule has 0 aliphatic carbocycles. The Labute approximate surface area is 124 Å². The van der Waals surface area contributed by atoms with Crippen molar-refractivity contribution < 1.29 is 14.6 Å². The van der Waals surface area contributed by atoms with Gasteiger partial charge in [-0.05, 0) is 48.4 Å². The molecule has 0 bridgehead atoms. The lowest BCUT2D eigenvalue weighted by atomic mass is 10.0. The summed E-state index contributed by atoms with van der Waals surface area (Å²) in [7, 11) is 1.37. The predicted octanol–water partition coefficient (Wildman–Crippen LogP) is 3.74. The molecule has 2 N–H and O–H groups in total. The molecular formula is C17H19NO3. The molecule has 4 nitrogen and oxygen atoms in total. The minimum Gasteiger partial charge on any atom is -0.508 e. The Morgan fingerprint density at radius 2 is 1.76 bits per heavy atom. The highest BCUT2D eigenvalue weighted by Gasteiger charge is 2.10. The Kier molecular flexibility index (Phi) is 4.82. The molecule has 0 fully saturated rings. The van der Waals surface area contributed by atoms with E-state index in [1.807, 2.05) is 24.3 Å². The van der Waals surface area contributed by atoms with Crippen LogP contribution in [0.15, 0.2) is 48.5 Å². The van der Waals surface area contributed by atoms with E-state index < -0.39 is 0 Å². The lowest BCUT2D eigenvalue weighted by Crippen LogP contribution is -2.09. The molecule has 0 spiro atoms. The highest BCUT2D eigenvalue weighted by Crippen LogP contribution is 2.24. The first-order valence-electron chi connectivity index (χ1n) is 6.88. The van der Waals surface area contributed by atoms with Crippen LogP contribution >= 0.6 is 0 Å². The van der Waals surface area contributed by atoms with Crippen LogP contribution in [-0.2, 0) is 4.74 Å². The van der Waals surface area contributed by atoms with Gasteiger partial charge in [0.25, 0.3) is 0 Å². The summed E-state index contributed by atoms with van der Waals surface area (Å²) in [6.07, 6.45) is 0.906. The summed E-state index contributed by atoms with van der Waals surface area (Å²) >= 11 is 0. The van der Waals surface area contributed by atoms with Gasteiger partial charge in [-0.25, -0.2) is 4.79 Å². The number of carbonyl (C=O) groups is 1. The third kappa shape index (κ3) is 3.75. The third-order valence-corrected chi connectivity index (χ3v) is 3.35. The second kappa shape index (κ2) is 6.79. The van der Waals surface area contributed by atoms with Crippen molar-refractivity contribution in [1.82, 2.24) is 0 Å². The number of phenols is 1. The minimum atomic E-state index is -0.341. The molecule has 4 heteroatoms. The van der Waals surface area contributed by atoms with Gasteiger partial charge >= 0.3 is 5.97 Å². The molecule has 1 atom stereocenters. The van der Waals surface area contributed by atoms with E-state index in [9.17, 15) is 9.90 Å². The smallest absolute Gasteiger partial charge is 0.337 e. The summed E-state index contributed by atoms with van der Waals surface area (Å²) in [6.45, 7) is 2.09. The van der Waals surface area contributed by atoms with Crippen molar-refractivity contribution >= 4 is 11.7 Å². The molecule has 2 aromatic carbocycles. The van der Waals surface area contributed by atoms with Gasteiger partial charge in [-0.2, -0.15) is 0 Å². The number of ether oxygens (including phenoxy) is 1. The zero-order valence-corrected chi connectivity index (χ0v) is 12.2. The standard InChI is InChI=1S/C17H19NO3/c1-3-16(12-6-10-15(19)11-7-12)18-14-8-4-13(5-9-14)17(20)21-2/h4-11,16,18-19H,3H2,1-2H3. The van der Waals surface area contributed by atoms with Crippen LogP contribution in [0.25, 0.3) is 0 Å². The Hall–Kier alpha value is -2.49. The second-order valence-corrected chi connectivity index (χ2v) is 4.77. The van der Waals surface area contributed by atoms with Gasteiger partial charge < -0.3 is 15.2 Å². The zero-order chi connectivity index (χ0) is 15.2. The van der Waals surface area contributed by atoms with Crippen LogP contribution in [0.4, 0.5) is 5.69 Å². The number of rotatable bonds is 5. The monoisotopic (exact) mass is 285 g/mol. The second-order valence-electron chi connectivity index (χ2n) is 4.77. The molecule has 21 heavy (non-hydrogen) atoms. The zero-order valence-electron chi connectivity index (χ0n) is 12.2. The number of hydrogen-bond donors (Lipinski definition) is 2. The molecule has 0 saturated carbocycles. The maximum atomic E-state index is 11.4. The maximum absolute atomic E-state index is 11.4. The molecule has 0 aliphatic heterocycles. The first kappa shape index (κ1) is 14.9.